The third kappa shape index (κ3) is 126. The van der Waals surface area contributed by atoms with Crippen LogP contribution in [-0.2, 0) is 0 Å². The Bertz CT molecular complexity index is 6.00. The van der Waals surface area contributed by atoms with Gasteiger partial charge in [-0.1, -0.05) is 7.43 Å². The van der Waals surface area contributed by atoms with Crippen LogP contribution in [0, 0.1) is 0 Å². The molecule has 0 radical (unpaired) electrons. The van der Waals surface area contributed by atoms with E-state index in [0.717, 1.165) is 0 Å². The summed E-state index contributed by atoms with van der Waals surface area (Å²) in [5.74, 6) is 0. The van der Waals surface area contributed by atoms with Crippen molar-refractivity contribution in [3.8, 4) is 0 Å². The summed E-state index contributed by atoms with van der Waals surface area (Å²) >= 11 is 0. The highest BCUT2D eigenvalue weighted by molar-refractivity contribution is 5.85. The molecule has 0 bridgehead atoms. The Morgan fingerprint density at radius 3 is 0.750 bits per heavy atom. The molecule has 0 fully saturated rings. The Morgan fingerprint density at radius 1 is 0.750 bits per heavy atom. The fraction of sp³-hybridized carbons (Fsp3) is 1.00. The first kappa shape index (κ1) is 1830. The van der Waals surface area contributed by atoms with Crippen LogP contribution in [0.5, 0.6) is 0 Å². The molecule has 0 amide bonds. The highest BCUT2D eigenvalue weighted by Crippen LogP contribution is 0.690. The lowest BCUT2D eigenvalue weighted by molar-refractivity contribution is 1.11. The molecular formula is CH7ClF2. The van der Waals surface area contributed by atoms with E-state index in [-0.39, 0.29) is 29.2 Å². The van der Waals surface area contributed by atoms with Crippen LogP contribution in [0.15, 0.2) is 0 Å². The zero-order valence-electron chi connectivity index (χ0n) is 1.22. The predicted molar refractivity (Wildman–Crippen MR) is 19.0 cm³/mol. The molecule has 0 saturated heterocycles. The van der Waals surface area contributed by atoms with Crippen LogP contribution in [0.25, 0.3) is 0 Å². The molecule has 0 saturated carbocycles. The van der Waals surface area contributed by atoms with Gasteiger partial charge in [-0.2, -0.15) is 0 Å². The minimum absolute atomic E-state index is 0. The SMILES string of the molecule is C.Cl.F.F. The van der Waals surface area contributed by atoms with Gasteiger partial charge < -0.3 is 0 Å². The Kier molecular flexibility index (Phi) is 296000. The van der Waals surface area contributed by atoms with E-state index in [1.54, 1.807) is 0 Å². The zero-order chi connectivity index (χ0) is 0. The zero-order valence-corrected chi connectivity index (χ0v) is 2.04. The van der Waals surface area contributed by atoms with Crippen LogP contribution in [0.3, 0.4) is 0 Å². The fourth-order valence-electron chi connectivity index (χ4n) is 0. The summed E-state index contributed by atoms with van der Waals surface area (Å²) < 4.78 is 0. The van der Waals surface area contributed by atoms with Crippen LogP contribution in [0.2, 0.25) is 0 Å². The molecule has 0 atom stereocenters. The smallest absolute Gasteiger partial charge is 0.0776 e. The van der Waals surface area contributed by atoms with Gasteiger partial charge in [-0.25, -0.2) is 0 Å². The largest absolute Gasteiger partial charge is 0.269 e. The van der Waals surface area contributed by atoms with Crippen molar-refractivity contribution in [3.63, 3.8) is 0 Å². The maximum absolute atomic E-state index is 0. The number of hydrogen-bond donors (Lipinski definition) is 0. The molecule has 0 unspecified atom stereocenters. The molecule has 3 heteroatoms. The molecule has 0 rings (SSSR count). The summed E-state index contributed by atoms with van der Waals surface area (Å²) in [5.41, 5.74) is 0. The van der Waals surface area contributed by atoms with E-state index in [1.807, 2.05) is 0 Å². The summed E-state index contributed by atoms with van der Waals surface area (Å²) in [6.45, 7) is 0. The molecule has 32 valence electrons. The lowest BCUT2D eigenvalue weighted by Gasteiger charge is -0.270. The summed E-state index contributed by atoms with van der Waals surface area (Å²) in [4.78, 5) is 0. The van der Waals surface area contributed by atoms with Gasteiger partial charge in [0.2, 0.25) is 0 Å². The molecule has 0 nitrogen and oxygen atoms in total. The summed E-state index contributed by atoms with van der Waals surface area (Å²) in [7, 11) is 0. The van der Waals surface area contributed by atoms with Crippen molar-refractivity contribution in [1.82, 2.24) is 0 Å². The number of hydrogen-bond acceptors (Lipinski definition) is 0. The first-order valence-electron chi connectivity index (χ1n) is 0. The fourth-order valence-corrected chi connectivity index (χ4v) is 0. The Balaban J connectivity index is 0. The molecule has 0 aromatic carbocycles. The van der Waals surface area contributed by atoms with Gasteiger partial charge in [-0.15, -0.1) is 12.4 Å². The Morgan fingerprint density at radius 2 is 0.750 bits per heavy atom. The molecule has 4 heavy (non-hydrogen) atoms. The van der Waals surface area contributed by atoms with E-state index in [4.69, 9.17) is 0 Å². The molecule has 0 aliphatic rings. The maximum Gasteiger partial charge on any atom is -0.0776 e. The maximum atomic E-state index is 0. The second kappa shape index (κ2) is 647. The molecule has 0 heterocycles. The summed E-state index contributed by atoms with van der Waals surface area (Å²) in [6, 6.07) is 0. The van der Waals surface area contributed by atoms with Crippen LogP contribution < -0.4 is 0 Å². The van der Waals surface area contributed by atoms with E-state index in [2.05, 4.69) is 0 Å². The van der Waals surface area contributed by atoms with Gasteiger partial charge in [0.1, 0.15) is 0 Å². The van der Waals surface area contributed by atoms with Crippen molar-refractivity contribution in [3.05, 3.63) is 0 Å². The lowest BCUT2D eigenvalue weighted by Crippen LogP contribution is 0.144. The third-order valence-electron chi connectivity index (χ3n) is 0. The van der Waals surface area contributed by atoms with E-state index in [1.165, 1.54) is 0 Å². The van der Waals surface area contributed by atoms with Crippen molar-refractivity contribution < 1.29 is 9.41 Å². The van der Waals surface area contributed by atoms with Gasteiger partial charge in [0.05, 0.1) is 0 Å². The molecule has 0 aromatic rings. The normalized spacial score (nSPS) is 0. The van der Waals surface area contributed by atoms with Crippen molar-refractivity contribution in [2.45, 2.75) is 7.43 Å². The first-order valence-corrected chi connectivity index (χ1v) is 0. The molecule has 0 spiro atoms. The number of halogens is 3. The van der Waals surface area contributed by atoms with Crippen LogP contribution in [0.1, 0.15) is 7.43 Å². The van der Waals surface area contributed by atoms with Gasteiger partial charge in [0.25, 0.3) is 0 Å². The summed E-state index contributed by atoms with van der Waals surface area (Å²) in [6.07, 6.45) is 0. The second-order valence-electron chi connectivity index (χ2n) is 0. The summed E-state index contributed by atoms with van der Waals surface area (Å²) in [5, 5.41) is 0. The Labute approximate surface area is 30.3 Å². The minimum atomic E-state index is 0. The van der Waals surface area contributed by atoms with Crippen molar-refractivity contribution in [2.24, 2.45) is 0 Å². The Hall–Kier alpha value is 0.150. The average molecular weight is 92.5 g/mol. The molecule has 0 aromatic heterocycles. The van der Waals surface area contributed by atoms with E-state index in [0.29, 0.717) is 0 Å². The van der Waals surface area contributed by atoms with E-state index in [9.17, 15) is 0 Å². The molecular weight excluding hydrogens is 85.5 g/mol. The van der Waals surface area contributed by atoms with Crippen LogP contribution in [-0.4, -0.2) is 0 Å². The highest BCUT2D eigenvalue weighted by atomic mass is 35.5. The topological polar surface area (TPSA) is 0 Å². The van der Waals surface area contributed by atoms with E-state index >= 15 is 0 Å². The first-order chi connectivity index (χ1) is 0. The number of rotatable bonds is 0. The minimum Gasteiger partial charge on any atom is -0.269 e. The lowest BCUT2D eigenvalue weighted by atomic mass is 12.0. The van der Waals surface area contributed by atoms with E-state index < -0.39 is 0 Å². The van der Waals surface area contributed by atoms with Gasteiger partial charge >= 0.3 is 0 Å². The highest BCUT2D eigenvalue weighted by Gasteiger charge is -0.0775. The van der Waals surface area contributed by atoms with Crippen LogP contribution >= 0.6 is 12.4 Å². The molecule has 0 aliphatic carbocycles. The van der Waals surface area contributed by atoms with Gasteiger partial charge in [-0.05, 0) is 0 Å². The van der Waals surface area contributed by atoms with Crippen molar-refractivity contribution in [1.29, 1.82) is 0 Å². The van der Waals surface area contributed by atoms with Crippen LogP contribution in [0.4, 0.5) is 9.41 Å². The monoisotopic (exact) mass is 92.0 g/mol. The van der Waals surface area contributed by atoms with Gasteiger partial charge in [-0.3, -0.25) is 9.41 Å². The predicted octanol–water partition coefficient (Wildman–Crippen LogP) is 1.36. The van der Waals surface area contributed by atoms with Crippen molar-refractivity contribution in [2.75, 3.05) is 0 Å². The van der Waals surface area contributed by atoms with Gasteiger partial charge in [0, 0.05) is 0 Å². The van der Waals surface area contributed by atoms with Gasteiger partial charge in [0.15, 0.2) is 0 Å². The average Bonchev–Trinajstić information content (AvgIpc) is 0. The second-order valence-corrected chi connectivity index (χ2v) is 0. The molecule has 0 aliphatic heterocycles. The third-order valence-corrected chi connectivity index (χ3v) is 0. The van der Waals surface area contributed by atoms with Crippen molar-refractivity contribution >= 4 is 12.4 Å². The standard InChI is InChI=1S/CH4.ClH.2FH/h1H4;3*1H. The quantitative estimate of drug-likeness (QED) is 0.423. The molecule has 0 N–H and O–H groups in total.